The van der Waals surface area contributed by atoms with Crippen LogP contribution in [0.1, 0.15) is 100 Å². The zero-order valence-corrected chi connectivity index (χ0v) is 25.8. The molecule has 6 nitrogen and oxygen atoms in total. The first-order valence-corrected chi connectivity index (χ1v) is 15.9. The van der Waals surface area contributed by atoms with E-state index in [0.29, 0.717) is 23.7 Å². The number of aliphatic carboxylic acids is 1. The second-order valence-electron chi connectivity index (χ2n) is 12.0. The Morgan fingerprint density at radius 1 is 1.07 bits per heavy atom. The number of carbonyl (C=O) groups is 2. The molecule has 0 spiro atoms. The summed E-state index contributed by atoms with van der Waals surface area (Å²) in [5.74, 6) is -0.113. The SMILES string of the molecule is CSCC[C@H](NC(=O)c1ccc([C@@H](OC(C)CC2CCCCC2)OC(C)(C)C)cc1-c1ccccc1C)C(=O)O. The van der Waals surface area contributed by atoms with Gasteiger partial charge in [-0.15, -0.1) is 0 Å². The minimum absolute atomic E-state index is 0.0214. The van der Waals surface area contributed by atoms with E-state index in [2.05, 4.69) is 12.2 Å². The lowest BCUT2D eigenvalue weighted by Gasteiger charge is -2.32. The molecule has 3 atom stereocenters. The van der Waals surface area contributed by atoms with E-state index in [4.69, 9.17) is 9.47 Å². The lowest BCUT2D eigenvalue weighted by molar-refractivity contribution is -0.220. The molecule has 1 aliphatic carbocycles. The van der Waals surface area contributed by atoms with Crippen LogP contribution < -0.4 is 5.32 Å². The van der Waals surface area contributed by atoms with Crippen molar-refractivity contribution in [2.45, 2.75) is 104 Å². The molecule has 1 aliphatic rings. The van der Waals surface area contributed by atoms with E-state index < -0.39 is 29.8 Å². The summed E-state index contributed by atoms with van der Waals surface area (Å²) >= 11 is 1.55. The maximum atomic E-state index is 13.5. The van der Waals surface area contributed by atoms with Gasteiger partial charge < -0.3 is 19.9 Å². The zero-order chi connectivity index (χ0) is 29.3. The Hall–Kier alpha value is -2.35. The number of hydrogen-bond donors (Lipinski definition) is 2. The van der Waals surface area contributed by atoms with Gasteiger partial charge in [0, 0.05) is 11.1 Å². The van der Waals surface area contributed by atoms with Gasteiger partial charge in [-0.05, 0) is 94.2 Å². The molecule has 2 N–H and O–H groups in total. The van der Waals surface area contributed by atoms with Gasteiger partial charge in [-0.2, -0.15) is 11.8 Å². The highest BCUT2D eigenvalue weighted by molar-refractivity contribution is 7.98. The second kappa shape index (κ2) is 15.0. The summed E-state index contributed by atoms with van der Waals surface area (Å²) in [5, 5.41) is 12.4. The Labute approximate surface area is 244 Å². The summed E-state index contributed by atoms with van der Waals surface area (Å²) in [6.07, 6.45) is 9.13. The highest BCUT2D eigenvalue weighted by Gasteiger charge is 2.28. The van der Waals surface area contributed by atoms with Crippen molar-refractivity contribution in [2.75, 3.05) is 12.0 Å². The summed E-state index contributed by atoms with van der Waals surface area (Å²) in [5.41, 5.74) is 3.48. The molecule has 0 saturated heterocycles. The van der Waals surface area contributed by atoms with Gasteiger partial charge in [0.25, 0.3) is 5.91 Å². The van der Waals surface area contributed by atoms with Gasteiger partial charge in [-0.25, -0.2) is 4.79 Å². The number of carboxylic acids is 1. The lowest BCUT2D eigenvalue weighted by Crippen LogP contribution is -2.41. The first kappa shape index (κ1) is 32.2. The van der Waals surface area contributed by atoms with Crippen molar-refractivity contribution in [3.05, 3.63) is 59.2 Å². The Bertz CT molecular complexity index is 1120. The molecule has 1 saturated carbocycles. The molecule has 0 radical (unpaired) electrons. The molecule has 7 heteroatoms. The first-order chi connectivity index (χ1) is 19.0. The number of carbonyl (C=O) groups excluding carboxylic acids is 1. The van der Waals surface area contributed by atoms with Crippen molar-refractivity contribution >= 4 is 23.6 Å². The Morgan fingerprint density at radius 2 is 1.77 bits per heavy atom. The molecule has 0 aliphatic heterocycles. The van der Waals surface area contributed by atoms with Crippen LogP contribution in [0.15, 0.2) is 42.5 Å². The fourth-order valence-electron chi connectivity index (χ4n) is 5.39. The molecule has 220 valence electrons. The molecule has 1 fully saturated rings. The number of carboxylic acid groups (broad SMARTS) is 1. The monoisotopic (exact) mass is 569 g/mol. The van der Waals surface area contributed by atoms with E-state index >= 15 is 0 Å². The average molecular weight is 570 g/mol. The van der Waals surface area contributed by atoms with Crippen LogP contribution in [0.4, 0.5) is 0 Å². The standard InChI is InChI=1S/C33H47NO5S/c1-22-12-10-11-15-26(22)28-21-25(16-17-27(28)30(35)34-29(31(36)37)18-19-40-6)32(39-33(3,4)5)38-23(2)20-24-13-8-7-9-14-24/h10-12,15-17,21,23-24,29,32H,7-9,13-14,18-20H2,1-6H3,(H,34,35)(H,36,37)/t23?,29-,32-/m0/s1. The number of amides is 1. The van der Waals surface area contributed by atoms with Crippen LogP contribution in [0.5, 0.6) is 0 Å². The normalized spacial score (nSPS) is 16.8. The van der Waals surface area contributed by atoms with Crippen molar-refractivity contribution in [2.24, 2.45) is 5.92 Å². The van der Waals surface area contributed by atoms with Crippen LogP contribution in [0.25, 0.3) is 11.1 Å². The van der Waals surface area contributed by atoms with Gasteiger partial charge >= 0.3 is 5.97 Å². The highest BCUT2D eigenvalue weighted by Crippen LogP contribution is 2.35. The molecule has 2 aromatic rings. The Kier molecular flexibility index (Phi) is 12.1. The molecular formula is C33H47NO5S. The van der Waals surface area contributed by atoms with Gasteiger partial charge in [0.05, 0.1) is 11.7 Å². The van der Waals surface area contributed by atoms with Gasteiger partial charge in [0.15, 0.2) is 6.29 Å². The molecule has 0 heterocycles. The van der Waals surface area contributed by atoms with Gasteiger partial charge in [-0.3, -0.25) is 4.79 Å². The van der Waals surface area contributed by atoms with Gasteiger partial charge in [0.2, 0.25) is 0 Å². The van der Waals surface area contributed by atoms with Crippen molar-refractivity contribution in [3.8, 4) is 11.1 Å². The molecule has 2 aromatic carbocycles. The van der Waals surface area contributed by atoms with Crippen LogP contribution in [-0.2, 0) is 14.3 Å². The predicted octanol–water partition coefficient (Wildman–Crippen LogP) is 7.79. The molecule has 40 heavy (non-hydrogen) atoms. The van der Waals surface area contributed by atoms with E-state index in [9.17, 15) is 14.7 Å². The van der Waals surface area contributed by atoms with Crippen LogP contribution in [0.2, 0.25) is 0 Å². The van der Waals surface area contributed by atoms with Crippen molar-refractivity contribution < 1.29 is 24.2 Å². The Morgan fingerprint density at radius 3 is 2.40 bits per heavy atom. The maximum absolute atomic E-state index is 13.5. The first-order valence-electron chi connectivity index (χ1n) is 14.5. The van der Waals surface area contributed by atoms with Gasteiger partial charge in [-0.1, -0.05) is 62.4 Å². The molecule has 1 amide bonds. The molecule has 3 rings (SSSR count). The van der Waals surface area contributed by atoms with Crippen LogP contribution >= 0.6 is 11.8 Å². The number of nitrogens with one attached hydrogen (secondary N) is 1. The fourth-order valence-corrected chi connectivity index (χ4v) is 5.86. The van der Waals surface area contributed by atoms with E-state index in [1.165, 1.54) is 32.1 Å². The minimum atomic E-state index is -1.03. The van der Waals surface area contributed by atoms with Crippen LogP contribution in [-0.4, -0.2) is 46.7 Å². The van der Waals surface area contributed by atoms with E-state index in [1.54, 1.807) is 17.8 Å². The molecular weight excluding hydrogens is 522 g/mol. The number of aryl methyl sites for hydroxylation is 1. The molecule has 0 aromatic heterocycles. The number of hydrogen-bond acceptors (Lipinski definition) is 5. The number of rotatable bonds is 13. The quantitative estimate of drug-likeness (QED) is 0.240. The average Bonchev–Trinajstić information content (AvgIpc) is 2.90. The number of thioether (sulfide) groups is 1. The smallest absolute Gasteiger partial charge is 0.326 e. The second-order valence-corrected chi connectivity index (χ2v) is 13.0. The van der Waals surface area contributed by atoms with Crippen LogP contribution in [0, 0.1) is 12.8 Å². The molecule has 0 bridgehead atoms. The third-order valence-corrected chi connectivity index (χ3v) is 8.06. The van der Waals surface area contributed by atoms with Crippen LogP contribution in [0.3, 0.4) is 0 Å². The topological polar surface area (TPSA) is 84.9 Å². The Balaban J connectivity index is 1.97. The van der Waals surface area contributed by atoms with E-state index in [0.717, 1.165) is 28.7 Å². The summed E-state index contributed by atoms with van der Waals surface area (Å²) in [7, 11) is 0. The summed E-state index contributed by atoms with van der Waals surface area (Å²) < 4.78 is 13.0. The zero-order valence-electron chi connectivity index (χ0n) is 25.0. The van der Waals surface area contributed by atoms with E-state index in [1.807, 2.05) is 70.3 Å². The van der Waals surface area contributed by atoms with Crippen molar-refractivity contribution in [1.29, 1.82) is 0 Å². The number of ether oxygens (including phenoxy) is 2. The fraction of sp³-hybridized carbons (Fsp3) is 0.576. The summed E-state index contributed by atoms with van der Waals surface area (Å²) in [6.45, 7) is 10.2. The van der Waals surface area contributed by atoms with E-state index in [-0.39, 0.29) is 6.10 Å². The third-order valence-electron chi connectivity index (χ3n) is 7.42. The summed E-state index contributed by atoms with van der Waals surface area (Å²) in [4.78, 5) is 25.3. The minimum Gasteiger partial charge on any atom is -0.480 e. The van der Waals surface area contributed by atoms with Crippen molar-refractivity contribution in [1.82, 2.24) is 5.32 Å². The highest BCUT2D eigenvalue weighted by atomic mass is 32.2. The lowest BCUT2D eigenvalue weighted by atomic mass is 9.85. The third kappa shape index (κ3) is 9.64. The summed E-state index contributed by atoms with van der Waals surface area (Å²) in [6, 6.07) is 12.6. The maximum Gasteiger partial charge on any atom is 0.326 e. The predicted molar refractivity (Wildman–Crippen MR) is 164 cm³/mol. The van der Waals surface area contributed by atoms with Crippen molar-refractivity contribution in [3.63, 3.8) is 0 Å². The largest absolute Gasteiger partial charge is 0.480 e. The number of benzene rings is 2. The van der Waals surface area contributed by atoms with Gasteiger partial charge in [0.1, 0.15) is 6.04 Å². The molecule has 1 unspecified atom stereocenters.